The van der Waals surface area contributed by atoms with Crippen molar-refractivity contribution in [3.63, 3.8) is 0 Å². The number of carbonyl (C=O) groups is 2. The van der Waals surface area contributed by atoms with E-state index in [-0.39, 0.29) is 5.56 Å². The van der Waals surface area contributed by atoms with Crippen LogP contribution in [0.3, 0.4) is 0 Å². The molecule has 0 radical (unpaired) electrons. The Kier molecular flexibility index (Phi) is 9.51. The van der Waals surface area contributed by atoms with Crippen LogP contribution in [0.25, 0.3) is 0 Å². The summed E-state index contributed by atoms with van der Waals surface area (Å²) in [6.07, 6.45) is 0. The van der Waals surface area contributed by atoms with Crippen LogP contribution in [0.2, 0.25) is 0 Å². The van der Waals surface area contributed by atoms with Gasteiger partial charge in [0, 0.05) is 5.56 Å². The van der Waals surface area contributed by atoms with Crippen LogP contribution in [-0.2, 0) is 6.54 Å². The Hall–Kier alpha value is -3.44. The van der Waals surface area contributed by atoms with Gasteiger partial charge in [0.05, 0.1) is 18.1 Å². The van der Waals surface area contributed by atoms with E-state index in [0.717, 1.165) is 6.54 Å². The molecular formula is C21H21NO4. The van der Waals surface area contributed by atoms with Gasteiger partial charge in [-0.2, -0.15) is 0 Å². The summed E-state index contributed by atoms with van der Waals surface area (Å²) in [5.41, 5.74) is 5.61. The number of carboxylic acid groups (broad SMARTS) is 2. The van der Waals surface area contributed by atoms with E-state index in [1.807, 2.05) is 18.2 Å². The molecule has 3 aromatic carbocycles. The fourth-order valence-electron chi connectivity index (χ4n) is 1.80. The minimum atomic E-state index is -1.13. The van der Waals surface area contributed by atoms with Crippen LogP contribution < -0.4 is 10.8 Å². The quantitative estimate of drug-likeness (QED) is 0.751. The molecule has 0 aliphatic carbocycles. The molecule has 0 fully saturated rings. The third-order valence-corrected chi connectivity index (χ3v) is 3.16. The summed E-state index contributed by atoms with van der Waals surface area (Å²) in [7, 11) is 0. The fraction of sp³-hybridized carbons (Fsp3) is 0.0476. The number of rotatable bonds is 3. The van der Waals surface area contributed by atoms with Crippen molar-refractivity contribution in [2.45, 2.75) is 6.54 Å². The molecule has 0 aliphatic rings. The van der Waals surface area contributed by atoms with Crippen LogP contribution in [0.15, 0.2) is 91.0 Å². The Bertz CT molecular complexity index is 725. The van der Waals surface area contributed by atoms with Crippen LogP contribution in [0.5, 0.6) is 0 Å². The highest BCUT2D eigenvalue weighted by atomic mass is 16.4. The predicted octanol–water partition coefficient (Wildman–Crippen LogP) is 1.86. The Balaban J connectivity index is 0.000000195. The maximum absolute atomic E-state index is 10.2. The van der Waals surface area contributed by atoms with Gasteiger partial charge in [-0.15, -0.1) is 0 Å². The van der Waals surface area contributed by atoms with E-state index in [1.54, 1.807) is 48.5 Å². The summed E-state index contributed by atoms with van der Waals surface area (Å²) in [5.74, 6) is -2.01. The molecule has 3 aromatic rings. The second-order valence-corrected chi connectivity index (χ2v) is 5.06. The van der Waals surface area contributed by atoms with Crippen molar-refractivity contribution in [1.82, 2.24) is 0 Å². The van der Waals surface area contributed by atoms with Crippen LogP contribution in [0.1, 0.15) is 26.3 Å². The number of hydrogen-bond acceptors (Lipinski definition) is 3. The van der Waals surface area contributed by atoms with Crippen molar-refractivity contribution in [3.8, 4) is 0 Å². The number of carbonyl (C=O) groups excluding carboxylic acids is 1. The zero-order valence-corrected chi connectivity index (χ0v) is 14.2. The molecule has 0 unspecified atom stereocenters. The van der Waals surface area contributed by atoms with Crippen molar-refractivity contribution in [2.75, 3.05) is 0 Å². The lowest BCUT2D eigenvalue weighted by Crippen LogP contribution is -2.47. The average Bonchev–Trinajstić information content (AvgIpc) is 2.71. The number of carboxylic acids is 2. The van der Waals surface area contributed by atoms with Gasteiger partial charge in [0.1, 0.15) is 0 Å². The minimum Gasteiger partial charge on any atom is -0.545 e. The molecule has 0 saturated heterocycles. The van der Waals surface area contributed by atoms with Gasteiger partial charge in [0.25, 0.3) is 0 Å². The van der Waals surface area contributed by atoms with E-state index in [9.17, 15) is 14.7 Å². The number of aromatic carboxylic acids is 2. The predicted molar refractivity (Wildman–Crippen MR) is 97.2 cm³/mol. The largest absolute Gasteiger partial charge is 0.545 e. The van der Waals surface area contributed by atoms with Crippen molar-refractivity contribution >= 4 is 11.9 Å². The highest BCUT2D eigenvalue weighted by Crippen LogP contribution is 1.96. The third kappa shape index (κ3) is 8.42. The first-order valence-corrected chi connectivity index (χ1v) is 7.92. The van der Waals surface area contributed by atoms with E-state index < -0.39 is 11.9 Å². The lowest BCUT2D eigenvalue weighted by molar-refractivity contribution is -0.386. The molecular weight excluding hydrogens is 330 g/mol. The zero-order chi connectivity index (χ0) is 19.2. The fourth-order valence-corrected chi connectivity index (χ4v) is 1.80. The van der Waals surface area contributed by atoms with Crippen molar-refractivity contribution in [2.24, 2.45) is 0 Å². The van der Waals surface area contributed by atoms with Gasteiger partial charge in [-0.25, -0.2) is 4.79 Å². The Morgan fingerprint density at radius 3 is 1.35 bits per heavy atom. The molecule has 134 valence electrons. The standard InChI is InChI=1S/C7H9N.2C7H6O2/c8-6-7-4-2-1-3-5-7;2*8-7(9)6-4-2-1-3-5-6/h1-5H,6,8H2;2*1-5H,(H,8,9). The first kappa shape index (κ1) is 20.6. The highest BCUT2D eigenvalue weighted by molar-refractivity contribution is 5.87. The summed E-state index contributed by atoms with van der Waals surface area (Å²) in [5, 5.41) is 18.5. The molecule has 5 heteroatoms. The molecule has 4 N–H and O–H groups in total. The summed E-state index contributed by atoms with van der Waals surface area (Å²) < 4.78 is 0. The average molecular weight is 351 g/mol. The van der Waals surface area contributed by atoms with Crippen LogP contribution in [0.4, 0.5) is 0 Å². The van der Waals surface area contributed by atoms with Crippen LogP contribution >= 0.6 is 0 Å². The number of benzene rings is 3. The Morgan fingerprint density at radius 1 is 0.731 bits per heavy atom. The van der Waals surface area contributed by atoms with Gasteiger partial charge in [0.15, 0.2) is 0 Å². The lowest BCUT2D eigenvalue weighted by Gasteiger charge is -1.97. The normalized spacial score (nSPS) is 8.96. The van der Waals surface area contributed by atoms with Gasteiger partial charge >= 0.3 is 5.97 Å². The molecule has 0 atom stereocenters. The first-order chi connectivity index (χ1) is 12.5. The van der Waals surface area contributed by atoms with Gasteiger partial charge in [-0.05, 0) is 17.7 Å². The number of hydrogen-bond donors (Lipinski definition) is 2. The first-order valence-electron chi connectivity index (χ1n) is 7.92. The number of quaternary nitrogens is 1. The van der Waals surface area contributed by atoms with E-state index in [2.05, 4.69) is 17.9 Å². The third-order valence-electron chi connectivity index (χ3n) is 3.16. The van der Waals surface area contributed by atoms with Crippen LogP contribution in [0, 0.1) is 0 Å². The SMILES string of the molecule is O=C(O)c1ccccc1.O=C([O-])c1ccccc1.[NH3+]Cc1ccccc1. The maximum Gasteiger partial charge on any atom is 0.335 e. The smallest absolute Gasteiger partial charge is 0.335 e. The molecule has 3 rings (SSSR count). The second kappa shape index (κ2) is 12.0. The van der Waals surface area contributed by atoms with Crippen molar-refractivity contribution in [1.29, 1.82) is 0 Å². The Labute approximate surface area is 152 Å². The second-order valence-electron chi connectivity index (χ2n) is 5.06. The van der Waals surface area contributed by atoms with E-state index in [1.165, 1.54) is 17.7 Å². The van der Waals surface area contributed by atoms with E-state index >= 15 is 0 Å². The molecule has 0 aromatic heterocycles. The van der Waals surface area contributed by atoms with Gasteiger partial charge < -0.3 is 20.7 Å². The molecule has 0 bridgehead atoms. The molecule has 0 heterocycles. The van der Waals surface area contributed by atoms with Crippen molar-refractivity contribution < 1.29 is 25.5 Å². The molecule has 0 amide bonds. The summed E-state index contributed by atoms with van der Waals surface area (Å²) in [6, 6.07) is 26.6. The summed E-state index contributed by atoms with van der Waals surface area (Å²) in [6.45, 7) is 0.890. The molecule has 0 aliphatic heterocycles. The van der Waals surface area contributed by atoms with Gasteiger partial charge in [0.2, 0.25) is 0 Å². The molecule has 0 spiro atoms. The van der Waals surface area contributed by atoms with Gasteiger partial charge in [-0.3, -0.25) is 0 Å². The summed E-state index contributed by atoms with van der Waals surface area (Å²) in [4.78, 5) is 20.3. The highest BCUT2D eigenvalue weighted by Gasteiger charge is 1.96. The minimum absolute atomic E-state index is 0.220. The van der Waals surface area contributed by atoms with E-state index in [4.69, 9.17) is 5.11 Å². The van der Waals surface area contributed by atoms with E-state index in [0.29, 0.717) is 5.56 Å². The van der Waals surface area contributed by atoms with Crippen molar-refractivity contribution in [3.05, 3.63) is 108 Å². The maximum atomic E-state index is 10.2. The molecule has 0 saturated carbocycles. The topological polar surface area (TPSA) is 105 Å². The molecule has 26 heavy (non-hydrogen) atoms. The van der Waals surface area contributed by atoms with Crippen LogP contribution in [-0.4, -0.2) is 17.0 Å². The zero-order valence-electron chi connectivity index (χ0n) is 14.2. The molecule has 5 nitrogen and oxygen atoms in total. The monoisotopic (exact) mass is 351 g/mol. The summed E-state index contributed by atoms with van der Waals surface area (Å²) >= 11 is 0. The lowest BCUT2D eigenvalue weighted by atomic mass is 10.2. The Morgan fingerprint density at radius 2 is 1.12 bits per heavy atom. The van der Waals surface area contributed by atoms with Gasteiger partial charge in [-0.1, -0.05) is 78.9 Å².